The number of aliphatic carboxylic acids is 1. The number of carboxylic acid groups (broad SMARTS) is 1. The van der Waals surface area contributed by atoms with Crippen LogP contribution in [-0.2, 0) is 4.79 Å². The molecule has 0 spiro atoms. The van der Waals surface area contributed by atoms with Crippen LogP contribution in [0.2, 0.25) is 0 Å². The van der Waals surface area contributed by atoms with Gasteiger partial charge in [-0.2, -0.15) is 0 Å². The molecule has 1 aromatic carbocycles. The molecule has 0 aromatic heterocycles. The molecule has 18 heavy (non-hydrogen) atoms. The van der Waals surface area contributed by atoms with Crippen molar-refractivity contribution in [2.45, 2.75) is 19.4 Å². The molecule has 0 radical (unpaired) electrons. The van der Waals surface area contributed by atoms with Crippen LogP contribution in [0.3, 0.4) is 0 Å². The molecule has 98 valence electrons. The van der Waals surface area contributed by atoms with Gasteiger partial charge in [0.1, 0.15) is 5.82 Å². The second kappa shape index (κ2) is 6.11. The molecule has 3 N–H and O–H groups in total. The number of benzene rings is 1. The smallest absolute Gasteiger partial charge is 0.332 e. The maximum absolute atomic E-state index is 13.2. The van der Waals surface area contributed by atoms with Crippen LogP contribution < -0.4 is 5.32 Å². The van der Waals surface area contributed by atoms with Crippen molar-refractivity contribution in [1.82, 2.24) is 5.32 Å². The zero-order chi connectivity index (χ0) is 13.7. The summed E-state index contributed by atoms with van der Waals surface area (Å²) in [6.07, 6.45) is -1.62. The quantitative estimate of drug-likeness (QED) is 0.722. The number of aliphatic hydroxyl groups excluding tert-OH is 1. The minimum Gasteiger partial charge on any atom is -0.479 e. The minimum absolute atomic E-state index is 0.00178. The SMILES string of the molecule is Cc1ccc(C(=O)NCC[C@H](O)C(=O)O)cc1F. The maximum atomic E-state index is 13.2. The Morgan fingerprint density at radius 2 is 2.11 bits per heavy atom. The Kier molecular flexibility index (Phi) is 4.79. The van der Waals surface area contributed by atoms with E-state index in [0.29, 0.717) is 5.56 Å². The molecule has 1 amide bonds. The van der Waals surface area contributed by atoms with Gasteiger partial charge in [-0.25, -0.2) is 9.18 Å². The van der Waals surface area contributed by atoms with Crippen LogP contribution in [0.4, 0.5) is 4.39 Å². The highest BCUT2D eigenvalue weighted by atomic mass is 19.1. The average Bonchev–Trinajstić information content (AvgIpc) is 2.32. The highest BCUT2D eigenvalue weighted by Crippen LogP contribution is 2.08. The fourth-order valence-corrected chi connectivity index (χ4v) is 1.28. The molecule has 1 atom stereocenters. The van der Waals surface area contributed by atoms with E-state index in [1.165, 1.54) is 12.1 Å². The first kappa shape index (κ1) is 14.1. The molecule has 0 saturated carbocycles. The van der Waals surface area contributed by atoms with E-state index in [2.05, 4.69) is 5.32 Å². The number of aryl methyl sites for hydroxylation is 1. The van der Waals surface area contributed by atoms with E-state index in [9.17, 15) is 14.0 Å². The summed E-state index contributed by atoms with van der Waals surface area (Å²) in [5.74, 6) is -2.33. The lowest BCUT2D eigenvalue weighted by Crippen LogP contribution is -2.30. The topological polar surface area (TPSA) is 86.6 Å². The van der Waals surface area contributed by atoms with Crippen molar-refractivity contribution in [3.8, 4) is 0 Å². The molecule has 0 aliphatic carbocycles. The van der Waals surface area contributed by atoms with Crippen molar-refractivity contribution >= 4 is 11.9 Å². The average molecular weight is 255 g/mol. The van der Waals surface area contributed by atoms with Crippen molar-refractivity contribution < 1.29 is 24.2 Å². The Bertz CT molecular complexity index is 461. The van der Waals surface area contributed by atoms with E-state index in [4.69, 9.17) is 10.2 Å². The highest BCUT2D eigenvalue weighted by Gasteiger charge is 2.13. The zero-order valence-electron chi connectivity index (χ0n) is 9.81. The lowest BCUT2D eigenvalue weighted by Gasteiger charge is -2.08. The van der Waals surface area contributed by atoms with Gasteiger partial charge >= 0.3 is 5.97 Å². The van der Waals surface area contributed by atoms with Gasteiger partial charge in [0.15, 0.2) is 6.10 Å². The Labute approximate surface area is 103 Å². The summed E-state index contributed by atoms with van der Waals surface area (Å²) in [5.41, 5.74) is 0.593. The van der Waals surface area contributed by atoms with Crippen LogP contribution in [0.1, 0.15) is 22.3 Å². The molecule has 0 heterocycles. The van der Waals surface area contributed by atoms with Crippen LogP contribution >= 0.6 is 0 Å². The standard InChI is InChI=1S/C12H14FNO4/c1-7-2-3-8(6-9(7)13)11(16)14-5-4-10(15)12(17)18/h2-3,6,10,15H,4-5H2,1H3,(H,14,16)(H,17,18)/t10-/m0/s1. The molecular formula is C12H14FNO4. The Balaban J connectivity index is 2.50. The predicted octanol–water partition coefficient (Wildman–Crippen LogP) is 0.700. The third-order valence-corrected chi connectivity index (χ3v) is 2.42. The number of rotatable bonds is 5. The number of halogens is 1. The number of carbonyl (C=O) groups is 2. The van der Waals surface area contributed by atoms with Gasteiger partial charge < -0.3 is 15.5 Å². The van der Waals surface area contributed by atoms with E-state index in [0.717, 1.165) is 6.07 Å². The molecular weight excluding hydrogens is 241 g/mol. The Hall–Kier alpha value is -1.95. The molecule has 0 unspecified atom stereocenters. The van der Waals surface area contributed by atoms with Crippen LogP contribution in [0.25, 0.3) is 0 Å². The lowest BCUT2D eigenvalue weighted by atomic mass is 10.1. The van der Waals surface area contributed by atoms with Crippen LogP contribution in [0.15, 0.2) is 18.2 Å². The van der Waals surface area contributed by atoms with E-state index in [-0.39, 0.29) is 18.5 Å². The van der Waals surface area contributed by atoms with E-state index in [1.54, 1.807) is 6.92 Å². The molecule has 0 fully saturated rings. The van der Waals surface area contributed by atoms with Gasteiger partial charge in [-0.15, -0.1) is 0 Å². The lowest BCUT2D eigenvalue weighted by molar-refractivity contribution is -0.146. The molecule has 0 aliphatic rings. The largest absolute Gasteiger partial charge is 0.479 e. The molecule has 1 aromatic rings. The first-order valence-corrected chi connectivity index (χ1v) is 5.37. The number of carboxylic acids is 1. The van der Waals surface area contributed by atoms with Crippen LogP contribution in [-0.4, -0.2) is 34.7 Å². The van der Waals surface area contributed by atoms with Gasteiger partial charge in [-0.3, -0.25) is 4.79 Å². The Morgan fingerprint density at radius 1 is 1.44 bits per heavy atom. The van der Waals surface area contributed by atoms with Gasteiger partial charge in [-0.1, -0.05) is 6.07 Å². The number of amides is 1. The van der Waals surface area contributed by atoms with Crippen molar-refractivity contribution in [1.29, 1.82) is 0 Å². The third-order valence-electron chi connectivity index (χ3n) is 2.42. The Morgan fingerprint density at radius 3 is 2.67 bits per heavy atom. The van der Waals surface area contributed by atoms with E-state index >= 15 is 0 Å². The number of aliphatic hydroxyl groups is 1. The fourth-order valence-electron chi connectivity index (χ4n) is 1.28. The molecule has 5 nitrogen and oxygen atoms in total. The summed E-state index contributed by atoms with van der Waals surface area (Å²) in [7, 11) is 0. The summed E-state index contributed by atoms with van der Waals surface area (Å²) in [5, 5.41) is 19.8. The van der Waals surface area contributed by atoms with Gasteiger partial charge in [0.05, 0.1) is 0 Å². The first-order chi connectivity index (χ1) is 8.41. The summed E-state index contributed by atoms with van der Waals surface area (Å²) in [6.45, 7) is 1.59. The monoisotopic (exact) mass is 255 g/mol. The summed E-state index contributed by atoms with van der Waals surface area (Å²) < 4.78 is 13.2. The van der Waals surface area contributed by atoms with E-state index < -0.39 is 23.8 Å². The normalized spacial score (nSPS) is 11.9. The van der Waals surface area contributed by atoms with Crippen LogP contribution in [0.5, 0.6) is 0 Å². The molecule has 0 aliphatic heterocycles. The van der Waals surface area contributed by atoms with Crippen molar-refractivity contribution in [3.05, 3.63) is 35.1 Å². The minimum atomic E-state index is -1.51. The summed E-state index contributed by atoms with van der Waals surface area (Å²) >= 11 is 0. The summed E-state index contributed by atoms with van der Waals surface area (Å²) in [4.78, 5) is 21.9. The second-order valence-corrected chi connectivity index (χ2v) is 3.86. The number of carbonyl (C=O) groups excluding carboxylic acids is 1. The third kappa shape index (κ3) is 3.81. The van der Waals surface area contributed by atoms with Gasteiger partial charge in [0.25, 0.3) is 5.91 Å². The number of hydrogen-bond acceptors (Lipinski definition) is 3. The van der Waals surface area contributed by atoms with E-state index in [1.807, 2.05) is 0 Å². The van der Waals surface area contributed by atoms with Gasteiger partial charge in [0, 0.05) is 18.5 Å². The predicted molar refractivity (Wildman–Crippen MR) is 61.7 cm³/mol. The molecule has 0 saturated heterocycles. The summed E-state index contributed by atoms with van der Waals surface area (Å²) in [6, 6.07) is 4.07. The zero-order valence-corrected chi connectivity index (χ0v) is 9.81. The number of hydrogen-bond donors (Lipinski definition) is 3. The molecule has 6 heteroatoms. The van der Waals surface area contributed by atoms with Crippen molar-refractivity contribution in [2.75, 3.05) is 6.54 Å². The second-order valence-electron chi connectivity index (χ2n) is 3.86. The molecule has 1 rings (SSSR count). The van der Waals surface area contributed by atoms with Crippen molar-refractivity contribution in [3.63, 3.8) is 0 Å². The maximum Gasteiger partial charge on any atom is 0.332 e. The number of nitrogens with one attached hydrogen (secondary N) is 1. The molecule has 0 bridgehead atoms. The fraction of sp³-hybridized carbons (Fsp3) is 0.333. The van der Waals surface area contributed by atoms with Crippen molar-refractivity contribution in [2.24, 2.45) is 0 Å². The van der Waals surface area contributed by atoms with Crippen LogP contribution in [0, 0.1) is 12.7 Å². The first-order valence-electron chi connectivity index (χ1n) is 5.37. The van der Waals surface area contributed by atoms with Gasteiger partial charge in [0.2, 0.25) is 0 Å². The highest BCUT2D eigenvalue weighted by molar-refractivity contribution is 5.94. The van der Waals surface area contributed by atoms with Gasteiger partial charge in [-0.05, 0) is 24.6 Å².